The molecule has 0 spiro atoms. The number of piperidine rings is 1. The molecule has 2 amide bonds. The summed E-state index contributed by atoms with van der Waals surface area (Å²) in [5.74, 6) is -2.19. The van der Waals surface area contributed by atoms with Crippen LogP contribution < -0.4 is 11.1 Å². The highest BCUT2D eigenvalue weighted by molar-refractivity contribution is 6.38. The maximum Gasteiger partial charge on any atom is 0.287 e. The van der Waals surface area contributed by atoms with Crippen molar-refractivity contribution >= 4 is 29.7 Å². The van der Waals surface area contributed by atoms with Crippen molar-refractivity contribution in [3.63, 3.8) is 0 Å². The SMILES string of the molecule is CCCCC(NC(=O)c1ccccc1C=Cc1ccc(CN2CCCCC2)cc1)C(=O)C(N)=O. The van der Waals surface area contributed by atoms with Crippen LogP contribution in [0.25, 0.3) is 12.2 Å². The van der Waals surface area contributed by atoms with Gasteiger partial charge in [-0.25, -0.2) is 0 Å². The second kappa shape index (κ2) is 12.8. The van der Waals surface area contributed by atoms with E-state index in [1.165, 1.54) is 37.9 Å². The Morgan fingerprint density at radius 1 is 1.00 bits per heavy atom. The highest BCUT2D eigenvalue weighted by atomic mass is 16.2. The third kappa shape index (κ3) is 7.39. The number of carbonyl (C=O) groups is 3. The molecule has 1 fully saturated rings. The maximum atomic E-state index is 13.0. The molecule has 1 unspecified atom stereocenters. The number of primary amides is 1. The van der Waals surface area contributed by atoms with E-state index in [1.807, 2.05) is 31.2 Å². The molecule has 6 heteroatoms. The number of carbonyl (C=O) groups excluding carboxylic acids is 3. The van der Waals surface area contributed by atoms with Gasteiger partial charge in [-0.05, 0) is 55.1 Å². The van der Waals surface area contributed by atoms with Gasteiger partial charge in [-0.15, -0.1) is 0 Å². The number of nitrogens with one attached hydrogen (secondary N) is 1. The quantitative estimate of drug-likeness (QED) is 0.388. The zero-order valence-corrected chi connectivity index (χ0v) is 20.0. The zero-order chi connectivity index (χ0) is 24.3. The molecule has 0 saturated carbocycles. The standard InChI is InChI=1S/C28H35N3O3/c1-2-3-11-25(26(32)27(29)33)30-28(34)24-10-6-5-9-23(24)17-16-21-12-14-22(15-13-21)20-31-18-7-4-8-19-31/h5-6,9-10,12-17,25H,2-4,7-8,11,18-20H2,1H3,(H2,29,33)(H,30,34). The summed E-state index contributed by atoms with van der Waals surface area (Å²) in [4.78, 5) is 39.0. The fourth-order valence-electron chi connectivity index (χ4n) is 4.23. The average Bonchev–Trinajstić information content (AvgIpc) is 2.86. The molecule has 6 nitrogen and oxygen atoms in total. The molecule has 0 bridgehead atoms. The lowest BCUT2D eigenvalue weighted by atomic mass is 10.0. The molecule has 0 radical (unpaired) electrons. The summed E-state index contributed by atoms with van der Waals surface area (Å²) in [6.45, 7) is 5.31. The lowest BCUT2D eigenvalue weighted by Gasteiger charge is -2.26. The molecule has 1 heterocycles. The van der Waals surface area contributed by atoms with Crippen molar-refractivity contribution in [2.45, 2.75) is 58.0 Å². The summed E-state index contributed by atoms with van der Waals surface area (Å²) in [6.07, 6.45) is 9.69. The minimum Gasteiger partial charge on any atom is -0.363 e. The second-order valence-electron chi connectivity index (χ2n) is 8.90. The van der Waals surface area contributed by atoms with E-state index >= 15 is 0 Å². The van der Waals surface area contributed by atoms with Gasteiger partial charge >= 0.3 is 0 Å². The number of rotatable bonds is 11. The van der Waals surface area contributed by atoms with Gasteiger partial charge in [-0.2, -0.15) is 0 Å². The van der Waals surface area contributed by atoms with E-state index in [2.05, 4.69) is 34.5 Å². The lowest BCUT2D eigenvalue weighted by molar-refractivity contribution is -0.137. The molecule has 0 aromatic heterocycles. The molecule has 34 heavy (non-hydrogen) atoms. The van der Waals surface area contributed by atoms with Crippen LogP contribution in [0.1, 0.15) is 72.5 Å². The number of unbranched alkanes of at least 4 members (excludes halogenated alkanes) is 1. The van der Waals surface area contributed by atoms with Crippen LogP contribution in [0.2, 0.25) is 0 Å². The Morgan fingerprint density at radius 2 is 1.71 bits per heavy atom. The van der Waals surface area contributed by atoms with E-state index in [9.17, 15) is 14.4 Å². The normalized spacial score (nSPS) is 15.2. The number of nitrogens with two attached hydrogens (primary N) is 1. The second-order valence-corrected chi connectivity index (χ2v) is 8.90. The van der Waals surface area contributed by atoms with E-state index < -0.39 is 23.6 Å². The van der Waals surface area contributed by atoms with Crippen molar-refractivity contribution in [3.8, 4) is 0 Å². The Labute approximate surface area is 202 Å². The topological polar surface area (TPSA) is 92.5 Å². The number of benzene rings is 2. The molecular formula is C28H35N3O3. The van der Waals surface area contributed by atoms with E-state index in [0.29, 0.717) is 18.4 Å². The van der Waals surface area contributed by atoms with Gasteiger partial charge in [-0.3, -0.25) is 19.3 Å². The zero-order valence-electron chi connectivity index (χ0n) is 20.0. The molecule has 1 saturated heterocycles. The molecule has 3 N–H and O–H groups in total. The van der Waals surface area contributed by atoms with Crippen molar-refractivity contribution in [1.29, 1.82) is 0 Å². The summed E-state index contributed by atoms with van der Waals surface area (Å²) in [5.41, 5.74) is 8.70. The third-order valence-electron chi connectivity index (χ3n) is 6.21. The largest absolute Gasteiger partial charge is 0.363 e. The van der Waals surface area contributed by atoms with Crippen LogP contribution in [0.5, 0.6) is 0 Å². The molecule has 2 aromatic rings. The van der Waals surface area contributed by atoms with E-state index in [-0.39, 0.29) is 0 Å². The van der Waals surface area contributed by atoms with Crippen LogP contribution in [0, 0.1) is 0 Å². The Morgan fingerprint density at radius 3 is 2.38 bits per heavy atom. The summed E-state index contributed by atoms with van der Waals surface area (Å²) >= 11 is 0. The average molecular weight is 462 g/mol. The Hall–Kier alpha value is -3.25. The number of hydrogen-bond acceptors (Lipinski definition) is 4. The van der Waals surface area contributed by atoms with Crippen molar-refractivity contribution < 1.29 is 14.4 Å². The van der Waals surface area contributed by atoms with Gasteiger partial charge in [-0.1, -0.05) is 80.8 Å². The molecular weight excluding hydrogens is 426 g/mol. The maximum absolute atomic E-state index is 13.0. The minimum atomic E-state index is -1.03. The Bertz CT molecular complexity index is 1010. The molecule has 180 valence electrons. The van der Waals surface area contributed by atoms with Gasteiger partial charge in [0.2, 0.25) is 5.78 Å². The van der Waals surface area contributed by atoms with E-state index in [4.69, 9.17) is 5.73 Å². The van der Waals surface area contributed by atoms with Gasteiger partial charge < -0.3 is 11.1 Å². The predicted octanol–water partition coefficient (Wildman–Crippen LogP) is 4.19. The number of hydrogen-bond donors (Lipinski definition) is 2. The fourth-order valence-corrected chi connectivity index (χ4v) is 4.23. The van der Waals surface area contributed by atoms with Gasteiger partial charge in [0.05, 0.1) is 6.04 Å². The summed E-state index contributed by atoms with van der Waals surface area (Å²) in [7, 11) is 0. The Kier molecular flexibility index (Phi) is 9.59. The van der Waals surface area contributed by atoms with Crippen LogP contribution in [-0.2, 0) is 16.1 Å². The van der Waals surface area contributed by atoms with Crippen molar-refractivity contribution in [1.82, 2.24) is 10.2 Å². The van der Waals surface area contributed by atoms with Gasteiger partial charge in [0.1, 0.15) is 0 Å². The first kappa shape index (κ1) is 25.4. The van der Waals surface area contributed by atoms with Gasteiger partial charge in [0.15, 0.2) is 0 Å². The van der Waals surface area contributed by atoms with Crippen LogP contribution in [0.15, 0.2) is 48.5 Å². The van der Waals surface area contributed by atoms with Crippen molar-refractivity contribution in [2.24, 2.45) is 5.73 Å². The number of ketones is 1. The molecule has 0 aliphatic carbocycles. The molecule has 1 aliphatic heterocycles. The monoisotopic (exact) mass is 461 g/mol. The van der Waals surface area contributed by atoms with E-state index in [1.54, 1.807) is 12.1 Å². The van der Waals surface area contributed by atoms with Crippen molar-refractivity contribution in [2.75, 3.05) is 13.1 Å². The van der Waals surface area contributed by atoms with Crippen LogP contribution in [-0.4, -0.2) is 41.6 Å². The first-order valence-corrected chi connectivity index (χ1v) is 12.2. The van der Waals surface area contributed by atoms with Crippen LogP contribution in [0.4, 0.5) is 0 Å². The predicted molar refractivity (Wildman–Crippen MR) is 136 cm³/mol. The van der Waals surface area contributed by atoms with Gasteiger partial charge in [0.25, 0.3) is 11.8 Å². The highest BCUT2D eigenvalue weighted by Gasteiger charge is 2.25. The molecule has 3 rings (SSSR count). The smallest absolute Gasteiger partial charge is 0.287 e. The first-order valence-electron chi connectivity index (χ1n) is 12.2. The van der Waals surface area contributed by atoms with Crippen molar-refractivity contribution in [3.05, 3.63) is 70.8 Å². The third-order valence-corrected chi connectivity index (χ3v) is 6.21. The summed E-state index contributed by atoms with van der Waals surface area (Å²) in [5, 5.41) is 2.71. The minimum absolute atomic E-state index is 0.381. The Balaban J connectivity index is 1.68. The van der Waals surface area contributed by atoms with Gasteiger partial charge in [0, 0.05) is 12.1 Å². The lowest BCUT2D eigenvalue weighted by Crippen LogP contribution is -2.46. The number of amides is 2. The van der Waals surface area contributed by atoms with E-state index in [0.717, 1.165) is 24.1 Å². The molecule has 1 aliphatic rings. The van der Waals surface area contributed by atoms with Crippen LogP contribution >= 0.6 is 0 Å². The summed E-state index contributed by atoms with van der Waals surface area (Å²) in [6, 6.07) is 14.8. The first-order chi connectivity index (χ1) is 16.5. The molecule has 1 atom stereocenters. The number of Topliss-reactive ketones (excluding diaryl/α,β-unsaturated/α-hetero) is 1. The number of nitrogens with zero attached hydrogens (tertiary/aromatic N) is 1. The number of likely N-dealkylation sites (tertiary alicyclic amines) is 1. The summed E-state index contributed by atoms with van der Waals surface area (Å²) < 4.78 is 0. The highest BCUT2D eigenvalue weighted by Crippen LogP contribution is 2.17. The van der Waals surface area contributed by atoms with Crippen LogP contribution in [0.3, 0.4) is 0 Å². The fraction of sp³-hybridized carbons (Fsp3) is 0.393. The molecule has 2 aromatic carbocycles.